The van der Waals surface area contributed by atoms with Crippen LogP contribution in [0.15, 0.2) is 54.1 Å². The summed E-state index contributed by atoms with van der Waals surface area (Å²) in [6.45, 7) is 5.64. The predicted octanol–water partition coefficient (Wildman–Crippen LogP) is 4.93. The van der Waals surface area contributed by atoms with Crippen molar-refractivity contribution in [3.05, 3.63) is 64.6 Å². The third kappa shape index (κ3) is 3.23. The van der Waals surface area contributed by atoms with Crippen molar-refractivity contribution in [1.29, 1.82) is 0 Å². The molecule has 5 nitrogen and oxygen atoms in total. The molecule has 0 saturated heterocycles. The topological polar surface area (TPSA) is 72.2 Å². The van der Waals surface area contributed by atoms with E-state index in [9.17, 15) is 9.59 Å². The third-order valence-corrected chi connectivity index (χ3v) is 5.00. The van der Waals surface area contributed by atoms with Gasteiger partial charge in [-0.2, -0.15) is 9.78 Å². The molecule has 0 amide bonds. The molecule has 2 heterocycles. The van der Waals surface area contributed by atoms with Crippen molar-refractivity contribution >= 4 is 33.4 Å². The lowest BCUT2D eigenvalue weighted by Crippen LogP contribution is -2.13. The molecule has 0 aliphatic rings. The Morgan fingerprint density at radius 3 is 2.54 bits per heavy atom. The van der Waals surface area contributed by atoms with Crippen molar-refractivity contribution in [2.24, 2.45) is 0 Å². The Morgan fingerprint density at radius 2 is 1.92 bits per heavy atom. The molecule has 3 aromatic rings. The Morgan fingerprint density at radius 1 is 1.23 bits per heavy atom. The number of carbonyl (C=O) groups excluding carboxylic acids is 1. The van der Waals surface area contributed by atoms with Gasteiger partial charge in [0, 0.05) is 16.0 Å². The molecule has 0 fully saturated rings. The maximum atomic E-state index is 12.8. The zero-order chi connectivity index (χ0) is 18.8. The molecule has 0 unspecified atom stereocenters. The lowest BCUT2D eigenvalue weighted by molar-refractivity contribution is 0.0696. The van der Waals surface area contributed by atoms with Crippen molar-refractivity contribution in [2.45, 2.75) is 20.8 Å². The highest BCUT2D eigenvalue weighted by Gasteiger charge is 2.20. The summed E-state index contributed by atoms with van der Waals surface area (Å²) in [5.41, 5.74) is 3.03. The van der Waals surface area contributed by atoms with E-state index in [2.05, 4.69) is 5.10 Å². The van der Waals surface area contributed by atoms with Crippen molar-refractivity contribution in [3.8, 4) is 11.3 Å². The van der Waals surface area contributed by atoms with Crippen LogP contribution in [0.2, 0.25) is 0 Å². The Hall–Kier alpha value is -2.99. The van der Waals surface area contributed by atoms with Gasteiger partial charge in [-0.15, -0.1) is 11.3 Å². The maximum Gasteiger partial charge on any atom is 0.335 e. The number of rotatable bonds is 4. The van der Waals surface area contributed by atoms with Crippen molar-refractivity contribution in [1.82, 2.24) is 9.78 Å². The van der Waals surface area contributed by atoms with E-state index in [4.69, 9.17) is 5.11 Å². The Labute approximate surface area is 154 Å². The lowest BCUT2D eigenvalue weighted by atomic mass is 10.1. The largest absolute Gasteiger partial charge is 0.478 e. The third-order valence-electron chi connectivity index (χ3n) is 3.95. The van der Waals surface area contributed by atoms with E-state index in [0.29, 0.717) is 11.3 Å². The summed E-state index contributed by atoms with van der Waals surface area (Å²) in [5.74, 6) is -1.15. The second-order valence-corrected chi connectivity index (χ2v) is 7.15. The summed E-state index contributed by atoms with van der Waals surface area (Å²) in [6, 6.07) is 8.47. The van der Waals surface area contributed by atoms with Crippen LogP contribution in [0.25, 0.3) is 21.5 Å². The Bertz CT molecular complexity index is 1050. The number of carboxylic acid groups (broad SMARTS) is 1. The first-order valence-electron chi connectivity index (χ1n) is 8.09. The number of hydrogen-bond acceptors (Lipinski definition) is 4. The second kappa shape index (κ2) is 7.09. The first kappa shape index (κ1) is 17.8. The van der Waals surface area contributed by atoms with Crippen molar-refractivity contribution in [2.75, 3.05) is 0 Å². The number of aryl methyl sites for hydroxylation is 1. The fraction of sp³-hybridized carbons (Fsp3) is 0.150. The fourth-order valence-corrected chi connectivity index (χ4v) is 3.62. The average Bonchev–Trinajstić information content (AvgIpc) is 3.16. The number of fused-ring (bicyclic) bond motifs is 1. The zero-order valence-corrected chi connectivity index (χ0v) is 15.5. The first-order chi connectivity index (χ1) is 12.4. The number of carbonyl (C=O) groups is 2. The van der Waals surface area contributed by atoms with Gasteiger partial charge < -0.3 is 5.11 Å². The van der Waals surface area contributed by atoms with Crippen LogP contribution < -0.4 is 0 Å². The molecule has 0 saturated carbocycles. The number of allylic oxidation sites excluding steroid dienone is 4. The highest BCUT2D eigenvalue weighted by molar-refractivity contribution is 7.19. The first-order valence-corrected chi connectivity index (χ1v) is 8.91. The van der Waals surface area contributed by atoms with E-state index in [-0.39, 0.29) is 11.5 Å². The van der Waals surface area contributed by atoms with E-state index in [1.807, 2.05) is 32.1 Å². The molecule has 0 radical (unpaired) electrons. The molecule has 1 N–H and O–H groups in total. The Balaban J connectivity index is 2.13. The summed E-state index contributed by atoms with van der Waals surface area (Å²) in [7, 11) is 0. The van der Waals surface area contributed by atoms with Crippen LogP contribution in [0.1, 0.15) is 33.9 Å². The number of thiophene rings is 1. The van der Waals surface area contributed by atoms with Gasteiger partial charge in [-0.25, -0.2) is 4.79 Å². The molecule has 0 aliphatic heterocycles. The van der Waals surface area contributed by atoms with Crippen molar-refractivity contribution < 1.29 is 14.7 Å². The summed E-state index contributed by atoms with van der Waals surface area (Å²) in [5, 5.41) is 13.6. The average molecular weight is 366 g/mol. The number of aromatic nitrogens is 2. The highest BCUT2D eigenvalue weighted by atomic mass is 32.1. The summed E-state index contributed by atoms with van der Waals surface area (Å²) in [6.07, 6.45) is 5.44. The minimum atomic E-state index is -0.973. The van der Waals surface area contributed by atoms with Gasteiger partial charge in [0.2, 0.25) is 0 Å². The fourth-order valence-electron chi connectivity index (χ4n) is 2.62. The standard InChI is InChI=1S/C20H18N2O3S/c1-4-5-6-12(2)19(23)22-16-11-13(3)26-18(16)17(21-22)14-7-9-15(10-8-14)20(24)25/h4-11H,1-3H3,(H,24,25)/b5-4-,12-6+. The summed E-state index contributed by atoms with van der Waals surface area (Å²) >= 11 is 1.57. The van der Waals surface area contributed by atoms with Crippen LogP contribution in [0.4, 0.5) is 0 Å². The lowest BCUT2D eigenvalue weighted by Gasteiger charge is -2.02. The minimum Gasteiger partial charge on any atom is -0.478 e. The van der Waals surface area contributed by atoms with Crippen LogP contribution in [0.3, 0.4) is 0 Å². The molecule has 0 atom stereocenters. The number of carboxylic acids is 1. The molecular weight excluding hydrogens is 348 g/mol. The van der Waals surface area contributed by atoms with E-state index in [1.54, 1.807) is 48.6 Å². The van der Waals surface area contributed by atoms with Crippen LogP contribution in [0.5, 0.6) is 0 Å². The minimum absolute atomic E-state index is 0.181. The van der Waals surface area contributed by atoms with Gasteiger partial charge in [-0.3, -0.25) is 4.79 Å². The van der Waals surface area contributed by atoms with Gasteiger partial charge >= 0.3 is 5.97 Å². The molecular formula is C20H18N2O3S. The highest BCUT2D eigenvalue weighted by Crippen LogP contribution is 2.34. The van der Waals surface area contributed by atoms with Crippen LogP contribution in [0, 0.1) is 6.92 Å². The molecule has 26 heavy (non-hydrogen) atoms. The van der Waals surface area contributed by atoms with Gasteiger partial charge in [-0.1, -0.05) is 30.4 Å². The van der Waals surface area contributed by atoms with Gasteiger partial charge in [-0.05, 0) is 39.0 Å². The Kier molecular flexibility index (Phi) is 4.86. The molecule has 0 bridgehead atoms. The number of aromatic carboxylic acids is 1. The predicted molar refractivity (Wildman–Crippen MR) is 104 cm³/mol. The van der Waals surface area contributed by atoms with Crippen molar-refractivity contribution in [3.63, 3.8) is 0 Å². The summed E-state index contributed by atoms with van der Waals surface area (Å²) in [4.78, 5) is 24.9. The summed E-state index contributed by atoms with van der Waals surface area (Å²) < 4.78 is 2.34. The molecule has 2 aromatic heterocycles. The van der Waals surface area contributed by atoms with Crippen LogP contribution >= 0.6 is 11.3 Å². The van der Waals surface area contributed by atoms with Gasteiger partial charge in [0.1, 0.15) is 5.69 Å². The molecule has 1 aromatic carbocycles. The van der Waals surface area contributed by atoms with Gasteiger partial charge in [0.05, 0.1) is 15.8 Å². The smallest absolute Gasteiger partial charge is 0.335 e. The van der Waals surface area contributed by atoms with E-state index < -0.39 is 5.97 Å². The molecule has 3 rings (SSSR count). The second-order valence-electron chi connectivity index (χ2n) is 5.89. The molecule has 132 valence electrons. The molecule has 0 spiro atoms. The van der Waals surface area contributed by atoms with Gasteiger partial charge in [0.25, 0.3) is 5.91 Å². The monoisotopic (exact) mass is 366 g/mol. The van der Waals surface area contributed by atoms with Crippen LogP contribution in [-0.2, 0) is 0 Å². The number of benzene rings is 1. The van der Waals surface area contributed by atoms with Crippen LogP contribution in [-0.4, -0.2) is 26.8 Å². The van der Waals surface area contributed by atoms with E-state index in [1.165, 1.54) is 4.68 Å². The zero-order valence-electron chi connectivity index (χ0n) is 14.7. The molecule has 0 aliphatic carbocycles. The van der Waals surface area contributed by atoms with Gasteiger partial charge in [0.15, 0.2) is 0 Å². The normalized spacial score (nSPS) is 12.2. The SMILES string of the molecule is C/C=C\C=C(/C)C(=O)n1nc(-c2ccc(C(=O)O)cc2)c2sc(C)cc21. The molecule has 6 heteroatoms. The van der Waals surface area contributed by atoms with E-state index >= 15 is 0 Å². The maximum absolute atomic E-state index is 12.8. The quantitative estimate of drug-likeness (QED) is 0.525. The number of nitrogens with zero attached hydrogens (tertiary/aromatic N) is 2. The van der Waals surface area contributed by atoms with E-state index in [0.717, 1.165) is 20.7 Å². The number of hydrogen-bond donors (Lipinski definition) is 1.